The highest BCUT2D eigenvalue weighted by Gasteiger charge is 2.34. The van der Waals surface area contributed by atoms with E-state index in [-0.39, 0.29) is 19.1 Å². The van der Waals surface area contributed by atoms with Crippen LogP contribution >= 0.6 is 27.7 Å². The average molecular weight is 664 g/mol. The maximum atomic E-state index is 13.6. The smallest absolute Gasteiger partial charge is 0.267 e. The van der Waals surface area contributed by atoms with Crippen LogP contribution in [0, 0.1) is 5.82 Å². The second-order valence-electron chi connectivity index (χ2n) is 8.98. The standard InChI is InChI=1S/C31H24BrFN4O5S/c1-40-26-7-3-2-5-20(26)17-34-36-31-37(18-25-6-4-14-41-25)30(39)28(43-31)16-21-15-22(32)8-13-27(21)42-19-29(38)35-24-11-9-23(33)10-12-24/h2-17H,18-19H2,1H3,(H,35,38)/b28-16-,34-17+,36-31-. The van der Waals surface area contributed by atoms with Gasteiger partial charge in [-0.05, 0) is 84.6 Å². The van der Waals surface area contributed by atoms with Gasteiger partial charge in [0.25, 0.3) is 11.8 Å². The molecule has 0 saturated carbocycles. The van der Waals surface area contributed by atoms with E-state index in [9.17, 15) is 14.0 Å². The second-order valence-corrected chi connectivity index (χ2v) is 10.9. The predicted octanol–water partition coefficient (Wildman–Crippen LogP) is 6.71. The number of nitrogens with one attached hydrogen (secondary N) is 1. The molecule has 0 bridgehead atoms. The third-order valence-electron chi connectivity index (χ3n) is 6.01. The van der Waals surface area contributed by atoms with Crippen molar-refractivity contribution < 1.29 is 27.9 Å². The van der Waals surface area contributed by atoms with Gasteiger partial charge in [0.05, 0.1) is 31.0 Å². The van der Waals surface area contributed by atoms with E-state index in [0.29, 0.717) is 38.6 Å². The summed E-state index contributed by atoms with van der Waals surface area (Å²) in [7, 11) is 1.57. The number of anilines is 1. The van der Waals surface area contributed by atoms with Crippen LogP contribution in [-0.4, -0.2) is 41.8 Å². The molecule has 4 aromatic rings. The van der Waals surface area contributed by atoms with Gasteiger partial charge in [-0.25, -0.2) is 4.39 Å². The molecule has 43 heavy (non-hydrogen) atoms. The van der Waals surface area contributed by atoms with E-state index >= 15 is 0 Å². The Hall–Kier alpha value is -4.68. The minimum absolute atomic E-state index is 0.157. The van der Waals surface area contributed by atoms with Crippen molar-refractivity contribution in [3.63, 3.8) is 0 Å². The molecule has 1 aliphatic heterocycles. The predicted molar refractivity (Wildman–Crippen MR) is 168 cm³/mol. The number of hydrogen-bond donors (Lipinski definition) is 1. The minimum Gasteiger partial charge on any atom is -0.496 e. The lowest BCUT2D eigenvalue weighted by Gasteiger charge is -2.13. The quantitative estimate of drug-likeness (QED) is 0.115. The van der Waals surface area contributed by atoms with E-state index in [4.69, 9.17) is 13.9 Å². The molecule has 0 unspecified atom stereocenters. The number of furan rings is 1. The Morgan fingerprint density at radius 3 is 2.65 bits per heavy atom. The normalized spacial score (nSPS) is 15.0. The van der Waals surface area contributed by atoms with E-state index in [1.54, 1.807) is 49.7 Å². The first kappa shape index (κ1) is 29.8. The summed E-state index contributed by atoms with van der Waals surface area (Å²) >= 11 is 4.61. The van der Waals surface area contributed by atoms with Crippen LogP contribution < -0.4 is 14.8 Å². The lowest BCUT2D eigenvalue weighted by molar-refractivity contribution is -0.122. The third-order valence-corrected chi connectivity index (χ3v) is 7.50. The summed E-state index contributed by atoms with van der Waals surface area (Å²) in [4.78, 5) is 27.9. The molecular formula is C31H24BrFN4O5S. The molecule has 2 heterocycles. The second kappa shape index (κ2) is 14.0. The van der Waals surface area contributed by atoms with Crippen molar-refractivity contribution in [1.82, 2.24) is 4.90 Å². The maximum Gasteiger partial charge on any atom is 0.267 e. The summed E-state index contributed by atoms with van der Waals surface area (Å²) in [6.45, 7) is -0.143. The Balaban J connectivity index is 1.37. The number of amidine groups is 1. The van der Waals surface area contributed by atoms with Crippen molar-refractivity contribution in [2.45, 2.75) is 6.54 Å². The van der Waals surface area contributed by atoms with Crippen LogP contribution in [0.2, 0.25) is 0 Å². The summed E-state index contributed by atoms with van der Waals surface area (Å²) in [5.41, 5.74) is 1.74. The molecule has 0 aliphatic carbocycles. The number of para-hydroxylation sites is 1. The Morgan fingerprint density at radius 1 is 1.07 bits per heavy atom. The molecule has 0 radical (unpaired) electrons. The van der Waals surface area contributed by atoms with Crippen LogP contribution in [-0.2, 0) is 16.1 Å². The zero-order valence-corrected chi connectivity index (χ0v) is 25.1. The van der Waals surface area contributed by atoms with Gasteiger partial charge in [-0.1, -0.05) is 28.1 Å². The number of carbonyl (C=O) groups excluding carboxylic acids is 2. The van der Waals surface area contributed by atoms with Gasteiger partial charge in [0.1, 0.15) is 23.1 Å². The molecular weight excluding hydrogens is 639 g/mol. The van der Waals surface area contributed by atoms with Gasteiger partial charge in [0.15, 0.2) is 11.8 Å². The van der Waals surface area contributed by atoms with E-state index in [1.807, 2.05) is 24.3 Å². The molecule has 5 rings (SSSR count). The van der Waals surface area contributed by atoms with Crippen LogP contribution in [0.5, 0.6) is 11.5 Å². The molecule has 1 N–H and O–H groups in total. The van der Waals surface area contributed by atoms with Crippen LogP contribution in [0.3, 0.4) is 0 Å². The Morgan fingerprint density at radius 2 is 1.88 bits per heavy atom. The number of thioether (sulfide) groups is 1. The minimum atomic E-state index is -0.425. The number of nitrogens with zero attached hydrogens (tertiary/aromatic N) is 3. The van der Waals surface area contributed by atoms with Crippen molar-refractivity contribution in [2.75, 3.05) is 19.0 Å². The van der Waals surface area contributed by atoms with Gasteiger partial charge in [0, 0.05) is 21.3 Å². The number of halogens is 2. The zero-order valence-electron chi connectivity index (χ0n) is 22.7. The van der Waals surface area contributed by atoms with Gasteiger partial charge in [-0.15, -0.1) is 5.10 Å². The largest absolute Gasteiger partial charge is 0.496 e. The Labute approximate surface area is 259 Å². The monoisotopic (exact) mass is 662 g/mol. The molecule has 3 aromatic carbocycles. The summed E-state index contributed by atoms with van der Waals surface area (Å²) < 4.78 is 30.6. The number of carbonyl (C=O) groups is 2. The van der Waals surface area contributed by atoms with E-state index in [0.717, 1.165) is 21.8 Å². The fraction of sp³-hybridized carbons (Fsp3) is 0.0968. The number of ether oxygens (including phenoxy) is 2. The number of rotatable bonds is 10. The molecule has 12 heteroatoms. The van der Waals surface area contributed by atoms with Gasteiger partial charge >= 0.3 is 0 Å². The molecule has 2 amide bonds. The zero-order chi connectivity index (χ0) is 30.2. The topological polar surface area (TPSA) is 106 Å². The first-order valence-corrected chi connectivity index (χ1v) is 14.5. The van der Waals surface area contributed by atoms with Crippen LogP contribution in [0.15, 0.2) is 109 Å². The molecule has 1 aliphatic rings. The highest BCUT2D eigenvalue weighted by atomic mass is 79.9. The highest BCUT2D eigenvalue weighted by Crippen LogP contribution is 2.36. The van der Waals surface area contributed by atoms with E-state index in [2.05, 4.69) is 31.4 Å². The highest BCUT2D eigenvalue weighted by molar-refractivity contribution is 9.10. The summed E-state index contributed by atoms with van der Waals surface area (Å²) in [5, 5.41) is 11.6. The van der Waals surface area contributed by atoms with Crippen LogP contribution in [0.25, 0.3) is 6.08 Å². The fourth-order valence-corrected chi connectivity index (χ4v) is 5.28. The van der Waals surface area contributed by atoms with Crippen molar-refractivity contribution in [3.05, 3.63) is 117 Å². The summed E-state index contributed by atoms with van der Waals surface area (Å²) in [6, 6.07) is 21.5. The molecule has 0 atom stereocenters. The Kier molecular flexibility index (Phi) is 9.70. The summed E-state index contributed by atoms with van der Waals surface area (Å²) in [6.07, 6.45) is 4.77. The first-order chi connectivity index (χ1) is 20.9. The molecule has 0 spiro atoms. The molecule has 1 fully saturated rings. The van der Waals surface area contributed by atoms with Gasteiger partial charge in [-0.3, -0.25) is 14.5 Å². The van der Waals surface area contributed by atoms with Gasteiger partial charge in [0.2, 0.25) is 0 Å². The lowest BCUT2D eigenvalue weighted by atomic mass is 10.2. The number of hydrogen-bond acceptors (Lipinski definition) is 8. The van der Waals surface area contributed by atoms with Crippen LogP contribution in [0.4, 0.5) is 10.1 Å². The lowest BCUT2D eigenvalue weighted by Crippen LogP contribution is -2.28. The SMILES string of the molecule is COc1ccccc1/C=N/N=C1\S/C(=C\c2cc(Br)ccc2OCC(=O)Nc2ccc(F)cc2)C(=O)N1Cc1ccco1. The van der Waals surface area contributed by atoms with Crippen molar-refractivity contribution in [1.29, 1.82) is 0 Å². The molecule has 1 saturated heterocycles. The average Bonchev–Trinajstić information content (AvgIpc) is 3.62. The van der Waals surface area contributed by atoms with Crippen molar-refractivity contribution in [3.8, 4) is 11.5 Å². The van der Waals surface area contributed by atoms with Crippen molar-refractivity contribution >= 4 is 62.7 Å². The maximum absolute atomic E-state index is 13.6. The molecule has 218 valence electrons. The van der Waals surface area contributed by atoms with Gasteiger partial charge in [-0.2, -0.15) is 5.10 Å². The molecule has 9 nitrogen and oxygen atoms in total. The van der Waals surface area contributed by atoms with Crippen molar-refractivity contribution in [2.24, 2.45) is 10.2 Å². The summed E-state index contributed by atoms with van der Waals surface area (Å²) in [5.74, 6) is 0.480. The fourth-order valence-electron chi connectivity index (χ4n) is 3.97. The van der Waals surface area contributed by atoms with Gasteiger partial charge < -0.3 is 19.2 Å². The van der Waals surface area contributed by atoms with E-state index < -0.39 is 11.7 Å². The number of methoxy groups -OCH3 is 1. The Bertz CT molecular complexity index is 1710. The number of amides is 2. The van der Waals surface area contributed by atoms with Crippen LogP contribution in [0.1, 0.15) is 16.9 Å². The van der Waals surface area contributed by atoms with E-state index in [1.165, 1.54) is 35.4 Å². The first-order valence-electron chi connectivity index (χ1n) is 12.8. The molecule has 1 aromatic heterocycles. The number of benzene rings is 3. The third kappa shape index (κ3) is 7.79.